The van der Waals surface area contributed by atoms with Gasteiger partial charge in [0.05, 0.1) is 6.26 Å². The number of carbonyl (C=O) groups is 3. The van der Waals surface area contributed by atoms with Gasteiger partial charge >= 0.3 is 0 Å². The number of carbonyl (C=O) groups excluding carboxylic acids is 3. The van der Waals surface area contributed by atoms with Crippen LogP contribution in [0, 0.1) is 0 Å². The molecule has 1 heterocycles. The van der Waals surface area contributed by atoms with Gasteiger partial charge in [0.1, 0.15) is 6.04 Å². The van der Waals surface area contributed by atoms with Gasteiger partial charge in [-0.2, -0.15) is 11.8 Å². The second kappa shape index (κ2) is 9.67. The van der Waals surface area contributed by atoms with Crippen LogP contribution >= 0.6 is 11.8 Å². The number of hydrogen-bond donors (Lipinski definition) is 3. The zero-order valence-corrected chi connectivity index (χ0v) is 15.4. The van der Waals surface area contributed by atoms with Crippen molar-refractivity contribution in [3.63, 3.8) is 0 Å². The number of nitrogens with one attached hydrogen (secondary N) is 3. The van der Waals surface area contributed by atoms with Crippen molar-refractivity contribution in [3.8, 4) is 0 Å². The molecular weight excluding hydrogens is 354 g/mol. The van der Waals surface area contributed by atoms with Crippen molar-refractivity contribution in [1.82, 2.24) is 5.32 Å². The summed E-state index contributed by atoms with van der Waals surface area (Å²) in [6.45, 7) is 1.42. The average molecular weight is 375 g/mol. The van der Waals surface area contributed by atoms with Crippen molar-refractivity contribution in [2.75, 3.05) is 22.6 Å². The Bertz CT molecular complexity index is 744. The number of hydrogen-bond acceptors (Lipinski definition) is 5. The summed E-state index contributed by atoms with van der Waals surface area (Å²) in [4.78, 5) is 35.7. The zero-order valence-electron chi connectivity index (χ0n) is 14.6. The molecule has 138 valence electrons. The maximum absolute atomic E-state index is 12.6. The van der Waals surface area contributed by atoms with Crippen LogP contribution in [0.4, 0.5) is 11.4 Å². The van der Waals surface area contributed by atoms with Crippen molar-refractivity contribution in [2.24, 2.45) is 0 Å². The van der Waals surface area contributed by atoms with Crippen LogP contribution in [-0.2, 0) is 9.59 Å². The fraction of sp³-hybridized carbons (Fsp3) is 0.278. The minimum atomic E-state index is -0.685. The summed E-state index contributed by atoms with van der Waals surface area (Å²) < 4.78 is 5.06. The SMILES string of the molecule is CSCCC(NC(=O)c1ccco1)C(=O)Nc1ccc(NC(C)=O)cc1. The number of amides is 3. The number of benzene rings is 1. The summed E-state index contributed by atoms with van der Waals surface area (Å²) in [7, 11) is 0. The van der Waals surface area contributed by atoms with E-state index in [0.29, 0.717) is 17.8 Å². The van der Waals surface area contributed by atoms with Crippen LogP contribution < -0.4 is 16.0 Å². The molecule has 0 aliphatic carbocycles. The maximum atomic E-state index is 12.6. The van der Waals surface area contributed by atoms with E-state index >= 15 is 0 Å². The molecule has 0 saturated carbocycles. The van der Waals surface area contributed by atoms with Crippen LogP contribution in [-0.4, -0.2) is 35.8 Å². The largest absolute Gasteiger partial charge is 0.459 e. The second-order valence-electron chi connectivity index (χ2n) is 5.53. The van der Waals surface area contributed by atoms with Gasteiger partial charge in [0.15, 0.2) is 5.76 Å². The van der Waals surface area contributed by atoms with Gasteiger partial charge in [-0.25, -0.2) is 0 Å². The zero-order chi connectivity index (χ0) is 18.9. The molecule has 2 aromatic rings. The lowest BCUT2D eigenvalue weighted by Gasteiger charge is -2.17. The van der Waals surface area contributed by atoms with Crippen molar-refractivity contribution in [2.45, 2.75) is 19.4 Å². The van der Waals surface area contributed by atoms with Crippen LogP contribution in [0.1, 0.15) is 23.9 Å². The van der Waals surface area contributed by atoms with Gasteiger partial charge < -0.3 is 20.4 Å². The summed E-state index contributed by atoms with van der Waals surface area (Å²) in [6.07, 6.45) is 3.83. The first-order valence-corrected chi connectivity index (χ1v) is 9.41. The fourth-order valence-electron chi connectivity index (χ4n) is 2.21. The smallest absolute Gasteiger partial charge is 0.287 e. The molecule has 0 saturated heterocycles. The minimum Gasteiger partial charge on any atom is -0.459 e. The topological polar surface area (TPSA) is 100 Å². The first-order valence-electron chi connectivity index (χ1n) is 8.01. The molecule has 3 amide bonds. The maximum Gasteiger partial charge on any atom is 0.287 e. The molecule has 26 heavy (non-hydrogen) atoms. The van der Waals surface area contributed by atoms with Gasteiger partial charge in [0.25, 0.3) is 5.91 Å². The highest BCUT2D eigenvalue weighted by Gasteiger charge is 2.22. The molecule has 0 radical (unpaired) electrons. The van der Waals surface area contributed by atoms with Gasteiger partial charge in [0.2, 0.25) is 11.8 Å². The summed E-state index contributed by atoms with van der Waals surface area (Å²) >= 11 is 1.59. The molecule has 0 spiro atoms. The Kier molecular flexibility index (Phi) is 7.28. The summed E-state index contributed by atoms with van der Waals surface area (Å²) in [5, 5.41) is 8.13. The number of rotatable bonds is 8. The Hall–Kier alpha value is -2.74. The van der Waals surface area contributed by atoms with E-state index in [2.05, 4.69) is 16.0 Å². The standard InChI is InChI=1S/C18H21N3O4S/c1-12(22)19-13-5-7-14(8-6-13)20-17(23)15(9-11-26-2)21-18(24)16-4-3-10-25-16/h3-8,10,15H,9,11H2,1-2H3,(H,19,22)(H,20,23)(H,21,24). The number of anilines is 2. The Morgan fingerprint density at radius 2 is 1.73 bits per heavy atom. The van der Waals surface area contributed by atoms with Crippen LogP contribution in [0.3, 0.4) is 0 Å². The Balaban J connectivity index is 2.01. The van der Waals surface area contributed by atoms with Crippen LogP contribution in [0.2, 0.25) is 0 Å². The fourth-order valence-corrected chi connectivity index (χ4v) is 2.68. The molecule has 1 unspecified atom stereocenters. The normalized spacial score (nSPS) is 11.5. The van der Waals surface area contributed by atoms with Crippen molar-refractivity contribution >= 4 is 40.9 Å². The average Bonchev–Trinajstić information content (AvgIpc) is 3.14. The van der Waals surface area contributed by atoms with Crippen LogP contribution in [0.15, 0.2) is 47.1 Å². The lowest BCUT2D eigenvalue weighted by Crippen LogP contribution is -2.44. The molecule has 0 bridgehead atoms. The van der Waals surface area contributed by atoms with Crippen molar-refractivity contribution < 1.29 is 18.8 Å². The predicted molar refractivity (Wildman–Crippen MR) is 102 cm³/mol. The van der Waals surface area contributed by atoms with E-state index in [1.54, 1.807) is 48.2 Å². The third-order valence-electron chi connectivity index (χ3n) is 3.45. The minimum absolute atomic E-state index is 0.159. The molecule has 0 fully saturated rings. The highest BCUT2D eigenvalue weighted by Crippen LogP contribution is 2.14. The molecule has 1 aromatic heterocycles. The van der Waals surface area contributed by atoms with Gasteiger partial charge in [0, 0.05) is 18.3 Å². The molecule has 8 heteroatoms. The highest BCUT2D eigenvalue weighted by atomic mass is 32.2. The van der Waals surface area contributed by atoms with E-state index in [9.17, 15) is 14.4 Å². The predicted octanol–water partition coefficient (Wildman–Crippen LogP) is 2.73. The first-order chi connectivity index (χ1) is 12.5. The van der Waals surface area contributed by atoms with E-state index in [0.717, 1.165) is 5.75 Å². The quantitative estimate of drug-likeness (QED) is 0.659. The monoisotopic (exact) mass is 375 g/mol. The van der Waals surface area contributed by atoms with Crippen LogP contribution in [0.25, 0.3) is 0 Å². The Morgan fingerprint density at radius 3 is 2.27 bits per heavy atom. The molecule has 1 atom stereocenters. The molecule has 0 aliphatic rings. The van der Waals surface area contributed by atoms with Gasteiger partial charge in [-0.1, -0.05) is 0 Å². The van der Waals surface area contributed by atoms with Crippen LogP contribution in [0.5, 0.6) is 0 Å². The Labute approximate surface area is 155 Å². The highest BCUT2D eigenvalue weighted by molar-refractivity contribution is 7.98. The van der Waals surface area contributed by atoms with Gasteiger partial charge in [-0.3, -0.25) is 14.4 Å². The van der Waals surface area contributed by atoms with E-state index in [-0.39, 0.29) is 17.6 Å². The van der Waals surface area contributed by atoms with E-state index in [1.165, 1.54) is 13.2 Å². The third-order valence-corrected chi connectivity index (χ3v) is 4.09. The summed E-state index contributed by atoms with van der Waals surface area (Å²) in [5.41, 5.74) is 1.21. The molecule has 1 aromatic carbocycles. The molecule has 0 aliphatic heterocycles. The number of thioether (sulfide) groups is 1. The summed E-state index contributed by atoms with van der Waals surface area (Å²) in [6, 6.07) is 9.22. The lowest BCUT2D eigenvalue weighted by atomic mass is 10.2. The molecule has 2 rings (SSSR count). The third kappa shape index (κ3) is 5.96. The van der Waals surface area contributed by atoms with Gasteiger partial charge in [-0.05, 0) is 54.8 Å². The second-order valence-corrected chi connectivity index (χ2v) is 6.52. The van der Waals surface area contributed by atoms with E-state index in [1.807, 2.05) is 6.26 Å². The lowest BCUT2D eigenvalue weighted by molar-refractivity contribution is -0.118. The van der Waals surface area contributed by atoms with Crippen molar-refractivity contribution in [1.29, 1.82) is 0 Å². The number of furan rings is 1. The molecular formula is C18H21N3O4S. The van der Waals surface area contributed by atoms with Crippen molar-refractivity contribution in [3.05, 3.63) is 48.4 Å². The summed E-state index contributed by atoms with van der Waals surface area (Å²) in [5.74, 6) is -0.0347. The molecule has 3 N–H and O–H groups in total. The van der Waals surface area contributed by atoms with E-state index < -0.39 is 11.9 Å². The van der Waals surface area contributed by atoms with E-state index in [4.69, 9.17) is 4.42 Å². The Morgan fingerprint density at radius 1 is 1.08 bits per heavy atom. The molecule has 7 nitrogen and oxygen atoms in total. The first kappa shape index (κ1) is 19.6. The van der Waals surface area contributed by atoms with Gasteiger partial charge in [-0.15, -0.1) is 0 Å².